The molecule has 2 aromatic rings. The molecular weight excluding hydrogens is 511 g/mol. The van der Waals surface area contributed by atoms with E-state index in [1.807, 2.05) is 0 Å². The Bertz CT molecular complexity index is 1190. The summed E-state index contributed by atoms with van der Waals surface area (Å²) in [5.74, 6) is -3.24. The summed E-state index contributed by atoms with van der Waals surface area (Å²) in [6.07, 6.45) is 2.73. The third-order valence-corrected chi connectivity index (χ3v) is 6.29. The van der Waals surface area contributed by atoms with Crippen molar-refractivity contribution >= 4 is 33.8 Å². The Labute approximate surface area is 212 Å². The highest BCUT2D eigenvalue weighted by Gasteiger charge is 2.25. The first-order valence-electron chi connectivity index (χ1n) is 11.2. The van der Waals surface area contributed by atoms with Crippen molar-refractivity contribution in [2.45, 2.75) is 50.1 Å². The summed E-state index contributed by atoms with van der Waals surface area (Å²) in [6.45, 7) is 3.41. The predicted molar refractivity (Wildman–Crippen MR) is 128 cm³/mol. The number of amides is 4. The Morgan fingerprint density at radius 1 is 1.08 bits per heavy atom. The van der Waals surface area contributed by atoms with Gasteiger partial charge in [0.25, 0.3) is 10.0 Å². The molecule has 1 aromatic heterocycles. The zero-order chi connectivity index (χ0) is 27.6. The minimum Gasteiger partial charge on any atom is -0.480 e. The lowest BCUT2D eigenvalue weighted by atomic mass is 10.0. The number of carboxylic acids is 1. The van der Waals surface area contributed by atoms with Crippen molar-refractivity contribution in [1.29, 1.82) is 0 Å². The molecule has 0 radical (unpaired) electrons. The van der Waals surface area contributed by atoms with Crippen LogP contribution in [-0.2, 0) is 30.8 Å². The molecule has 0 aliphatic heterocycles. The van der Waals surface area contributed by atoms with E-state index in [1.54, 1.807) is 18.6 Å². The monoisotopic (exact) mass is 540 g/mol. The van der Waals surface area contributed by atoms with Crippen LogP contribution >= 0.6 is 0 Å². The average Bonchev–Trinajstić information content (AvgIpc) is 3.31. The minimum absolute atomic E-state index is 0.0102. The summed E-state index contributed by atoms with van der Waals surface area (Å²) in [6, 6.07) is 0.327. The van der Waals surface area contributed by atoms with Gasteiger partial charge in [0, 0.05) is 31.3 Å². The quantitative estimate of drug-likeness (QED) is 0.208. The molecule has 0 aliphatic rings. The summed E-state index contributed by atoms with van der Waals surface area (Å²) in [5, 5.41) is 16.4. The van der Waals surface area contributed by atoms with E-state index in [9.17, 15) is 37.1 Å². The molecule has 1 aromatic carbocycles. The molecule has 4 amide bonds. The van der Waals surface area contributed by atoms with Gasteiger partial charge in [0.1, 0.15) is 17.9 Å². The van der Waals surface area contributed by atoms with Crippen molar-refractivity contribution in [3.8, 4) is 0 Å². The van der Waals surface area contributed by atoms with Crippen LogP contribution in [0.5, 0.6) is 0 Å². The largest absolute Gasteiger partial charge is 0.480 e. The van der Waals surface area contributed by atoms with E-state index in [1.165, 1.54) is 12.5 Å². The molecule has 0 unspecified atom stereocenters. The predicted octanol–water partition coefficient (Wildman–Crippen LogP) is 0.270. The highest BCUT2D eigenvalue weighted by Crippen LogP contribution is 2.10. The lowest BCUT2D eigenvalue weighted by Crippen LogP contribution is -2.52. The minimum atomic E-state index is -4.31. The number of benzene rings is 1. The molecule has 0 fully saturated rings. The van der Waals surface area contributed by atoms with E-state index in [0.717, 1.165) is 24.3 Å². The Kier molecular flexibility index (Phi) is 10.5. The van der Waals surface area contributed by atoms with Gasteiger partial charge in [0.2, 0.25) is 11.8 Å². The van der Waals surface area contributed by atoms with Gasteiger partial charge in [-0.1, -0.05) is 13.8 Å². The van der Waals surface area contributed by atoms with Crippen LogP contribution in [-0.4, -0.2) is 65.9 Å². The van der Waals surface area contributed by atoms with Gasteiger partial charge in [-0.3, -0.25) is 9.59 Å². The van der Waals surface area contributed by atoms with Crippen molar-refractivity contribution in [2.24, 2.45) is 5.92 Å². The van der Waals surface area contributed by atoms with Crippen LogP contribution in [0.25, 0.3) is 0 Å². The summed E-state index contributed by atoms with van der Waals surface area (Å²) >= 11 is 0. The van der Waals surface area contributed by atoms with Gasteiger partial charge >= 0.3 is 12.0 Å². The number of aromatic nitrogens is 2. The molecule has 13 nitrogen and oxygen atoms in total. The number of imidazole rings is 1. The summed E-state index contributed by atoms with van der Waals surface area (Å²) in [7, 11) is -4.31. The molecule has 202 valence electrons. The molecule has 0 aliphatic carbocycles. The highest BCUT2D eigenvalue weighted by molar-refractivity contribution is 7.90. The fourth-order valence-electron chi connectivity index (χ4n) is 3.19. The van der Waals surface area contributed by atoms with Crippen molar-refractivity contribution in [3.05, 3.63) is 48.3 Å². The van der Waals surface area contributed by atoms with E-state index < -0.39 is 51.7 Å². The first-order valence-corrected chi connectivity index (χ1v) is 12.7. The van der Waals surface area contributed by atoms with Crippen LogP contribution in [0.1, 0.15) is 32.4 Å². The summed E-state index contributed by atoms with van der Waals surface area (Å²) < 4.78 is 39.5. The molecule has 0 bridgehead atoms. The Hall–Kier alpha value is -4.01. The molecule has 2 atom stereocenters. The summed E-state index contributed by atoms with van der Waals surface area (Å²) in [4.78, 5) is 54.7. The van der Waals surface area contributed by atoms with Gasteiger partial charge < -0.3 is 26.0 Å². The fraction of sp³-hybridized carbons (Fsp3) is 0.409. The standard InChI is InChI=1S/C22H29FN6O7S/c1-13(2)9-17(28-22(34)29-37(35,36)16-5-3-14(23)4-6-16)20(31)25-8-7-19(30)27-18(21(32)33)10-15-11-24-12-26-15/h3-6,11-13,17-18H,7-10H2,1-2H3,(H,24,26)(H,25,31)(H,27,30)(H,32,33)(H2,28,29,34)/t17-,18-/m0/s1. The van der Waals surface area contributed by atoms with Gasteiger partial charge in [-0.25, -0.2) is 32.1 Å². The second-order valence-electron chi connectivity index (χ2n) is 8.50. The average molecular weight is 541 g/mol. The number of rotatable bonds is 13. The first kappa shape index (κ1) is 29.2. The van der Waals surface area contributed by atoms with Crippen LogP contribution in [0, 0.1) is 11.7 Å². The molecule has 0 saturated heterocycles. The maximum atomic E-state index is 13.1. The van der Waals surface area contributed by atoms with Crippen LogP contribution in [0.4, 0.5) is 9.18 Å². The maximum Gasteiger partial charge on any atom is 0.329 e. The Morgan fingerprint density at radius 2 is 1.76 bits per heavy atom. The fourth-order valence-corrected chi connectivity index (χ4v) is 4.11. The SMILES string of the molecule is CC(C)C[C@H](NC(=O)NS(=O)(=O)c1ccc(F)cc1)C(=O)NCCC(=O)N[C@@H](Cc1cnc[nH]1)C(=O)O. The number of hydrogen-bond acceptors (Lipinski definition) is 7. The molecular formula is C22H29FN6O7S. The van der Waals surface area contributed by atoms with Gasteiger partial charge in [0.05, 0.1) is 11.2 Å². The van der Waals surface area contributed by atoms with Crippen molar-refractivity contribution < 1.29 is 37.1 Å². The second-order valence-corrected chi connectivity index (χ2v) is 10.2. The number of sulfonamides is 1. The van der Waals surface area contributed by atoms with Crippen LogP contribution < -0.4 is 20.7 Å². The number of halogens is 1. The number of nitrogens with zero attached hydrogens (tertiary/aromatic N) is 1. The van der Waals surface area contributed by atoms with E-state index in [4.69, 9.17) is 0 Å². The molecule has 37 heavy (non-hydrogen) atoms. The van der Waals surface area contributed by atoms with E-state index in [-0.39, 0.29) is 36.6 Å². The Morgan fingerprint density at radius 3 is 2.32 bits per heavy atom. The zero-order valence-electron chi connectivity index (χ0n) is 20.2. The van der Waals surface area contributed by atoms with Crippen LogP contribution in [0.15, 0.2) is 41.7 Å². The van der Waals surface area contributed by atoms with Crippen molar-refractivity contribution in [2.75, 3.05) is 6.54 Å². The normalized spacial score (nSPS) is 12.9. The van der Waals surface area contributed by atoms with E-state index >= 15 is 0 Å². The first-order chi connectivity index (χ1) is 17.4. The Balaban J connectivity index is 1.89. The molecule has 2 rings (SSSR count). The van der Waals surface area contributed by atoms with Gasteiger partial charge in [0.15, 0.2) is 0 Å². The lowest BCUT2D eigenvalue weighted by molar-refractivity contribution is -0.141. The van der Waals surface area contributed by atoms with Crippen molar-refractivity contribution in [3.63, 3.8) is 0 Å². The zero-order valence-corrected chi connectivity index (χ0v) is 21.0. The third kappa shape index (κ3) is 9.87. The summed E-state index contributed by atoms with van der Waals surface area (Å²) in [5.41, 5.74) is 0.517. The third-order valence-electron chi connectivity index (χ3n) is 4.94. The number of hydrogen-bond donors (Lipinski definition) is 6. The molecule has 6 N–H and O–H groups in total. The van der Waals surface area contributed by atoms with Gasteiger partial charge in [-0.05, 0) is 36.6 Å². The number of H-pyrrole nitrogens is 1. The number of aliphatic carboxylic acids is 1. The highest BCUT2D eigenvalue weighted by atomic mass is 32.2. The van der Waals surface area contributed by atoms with Crippen LogP contribution in [0.3, 0.4) is 0 Å². The number of aromatic amines is 1. The number of carboxylic acid groups (broad SMARTS) is 1. The topological polar surface area (TPSA) is 199 Å². The number of nitrogens with one attached hydrogen (secondary N) is 5. The van der Waals surface area contributed by atoms with Gasteiger partial charge in [-0.15, -0.1) is 0 Å². The van der Waals surface area contributed by atoms with E-state index in [2.05, 4.69) is 25.9 Å². The molecule has 0 saturated carbocycles. The molecule has 0 spiro atoms. The molecule has 15 heteroatoms. The molecule has 1 heterocycles. The number of carbonyl (C=O) groups is 4. The lowest BCUT2D eigenvalue weighted by Gasteiger charge is -2.20. The number of urea groups is 1. The smallest absolute Gasteiger partial charge is 0.329 e. The van der Waals surface area contributed by atoms with Crippen LogP contribution in [0.2, 0.25) is 0 Å². The second kappa shape index (κ2) is 13.3. The van der Waals surface area contributed by atoms with E-state index in [0.29, 0.717) is 5.69 Å². The van der Waals surface area contributed by atoms with Crippen molar-refractivity contribution in [1.82, 2.24) is 30.6 Å². The maximum absolute atomic E-state index is 13.1. The number of carbonyl (C=O) groups excluding carboxylic acids is 3. The van der Waals surface area contributed by atoms with Gasteiger partial charge in [-0.2, -0.15) is 0 Å².